The number of carbonyl (C=O) groups excluding carboxylic acids is 1. The third-order valence-electron chi connectivity index (χ3n) is 2.63. The van der Waals surface area contributed by atoms with Crippen LogP contribution in [0.1, 0.15) is 0 Å². The summed E-state index contributed by atoms with van der Waals surface area (Å²) in [4.78, 5) is 32.4. The second-order valence-electron chi connectivity index (χ2n) is 4.32. The van der Waals surface area contributed by atoms with Crippen LogP contribution in [0.15, 0.2) is 23.6 Å². The summed E-state index contributed by atoms with van der Waals surface area (Å²) in [5, 5.41) is 9.27. The van der Waals surface area contributed by atoms with Crippen LogP contribution in [-0.4, -0.2) is 56.3 Å². The molecule has 0 unspecified atom stereocenters. The van der Waals surface area contributed by atoms with Crippen molar-refractivity contribution >= 4 is 34.7 Å². The van der Waals surface area contributed by atoms with E-state index in [0.29, 0.717) is 10.7 Å². The smallest absolute Gasteiger partial charge is 0.313 e. The molecule has 0 aromatic carbocycles. The van der Waals surface area contributed by atoms with Crippen LogP contribution in [0.25, 0.3) is 11.0 Å². The lowest BCUT2D eigenvalue weighted by atomic mass is 10.4. The molecule has 2 heterocycles. The summed E-state index contributed by atoms with van der Waals surface area (Å²) >= 11 is 1.09. The average molecular weight is 294 g/mol. The van der Waals surface area contributed by atoms with E-state index in [2.05, 4.69) is 9.97 Å². The molecule has 7 nitrogen and oxygen atoms in total. The lowest BCUT2D eigenvalue weighted by molar-refractivity contribution is -0.134. The third kappa shape index (κ3) is 3.08. The van der Waals surface area contributed by atoms with Gasteiger partial charge in [-0.15, -0.1) is 0 Å². The Bertz CT molecular complexity index is 653. The van der Waals surface area contributed by atoms with Crippen LogP contribution in [0.3, 0.4) is 0 Å². The maximum absolute atomic E-state index is 11.9. The lowest BCUT2D eigenvalue weighted by Gasteiger charge is -2.12. The van der Waals surface area contributed by atoms with Crippen molar-refractivity contribution in [1.82, 2.24) is 19.4 Å². The molecule has 0 aliphatic rings. The number of pyridine rings is 1. The van der Waals surface area contributed by atoms with E-state index in [1.807, 2.05) is 0 Å². The SMILES string of the molecule is CN(C)C(=O)Cn1c(SCC(=O)O)nc2cnccc21. The molecule has 0 spiro atoms. The van der Waals surface area contributed by atoms with Crippen LogP contribution >= 0.6 is 11.8 Å². The number of carboxylic acid groups (broad SMARTS) is 1. The number of aromatic nitrogens is 3. The van der Waals surface area contributed by atoms with Gasteiger partial charge in [-0.25, -0.2) is 4.98 Å². The number of nitrogens with zero attached hydrogens (tertiary/aromatic N) is 4. The summed E-state index contributed by atoms with van der Waals surface area (Å²) in [5.74, 6) is -1.11. The molecule has 1 amide bonds. The van der Waals surface area contributed by atoms with Gasteiger partial charge in [-0.2, -0.15) is 0 Å². The second kappa shape index (κ2) is 5.91. The predicted octanol–water partition coefficient (Wildman–Crippen LogP) is 0.696. The van der Waals surface area contributed by atoms with E-state index in [9.17, 15) is 9.59 Å². The number of imidazole rings is 1. The van der Waals surface area contributed by atoms with E-state index in [0.717, 1.165) is 17.3 Å². The normalized spacial score (nSPS) is 10.7. The van der Waals surface area contributed by atoms with Crippen molar-refractivity contribution in [2.24, 2.45) is 0 Å². The molecule has 0 fully saturated rings. The van der Waals surface area contributed by atoms with Gasteiger partial charge in [0.05, 0.1) is 17.5 Å². The zero-order valence-electron chi connectivity index (χ0n) is 11.1. The Balaban J connectivity index is 2.39. The predicted molar refractivity (Wildman–Crippen MR) is 74.6 cm³/mol. The number of carbonyl (C=O) groups is 2. The molecule has 0 aliphatic carbocycles. The number of carboxylic acids is 1. The van der Waals surface area contributed by atoms with Crippen molar-refractivity contribution in [3.63, 3.8) is 0 Å². The Hall–Kier alpha value is -2.09. The van der Waals surface area contributed by atoms with Crippen LogP contribution in [-0.2, 0) is 16.1 Å². The van der Waals surface area contributed by atoms with E-state index < -0.39 is 5.97 Å². The van der Waals surface area contributed by atoms with Gasteiger partial charge >= 0.3 is 5.97 Å². The Morgan fingerprint density at radius 2 is 2.20 bits per heavy atom. The molecule has 0 saturated heterocycles. The average Bonchev–Trinajstić information content (AvgIpc) is 2.74. The molecule has 2 rings (SSSR count). The van der Waals surface area contributed by atoms with Gasteiger partial charge in [-0.3, -0.25) is 14.6 Å². The molecule has 0 atom stereocenters. The largest absolute Gasteiger partial charge is 0.481 e. The summed E-state index contributed by atoms with van der Waals surface area (Å²) in [5.41, 5.74) is 1.41. The first kappa shape index (κ1) is 14.3. The highest BCUT2D eigenvalue weighted by Gasteiger charge is 2.16. The number of fused-ring (bicyclic) bond motifs is 1. The van der Waals surface area contributed by atoms with E-state index in [-0.39, 0.29) is 18.2 Å². The fourth-order valence-corrected chi connectivity index (χ4v) is 2.36. The Morgan fingerprint density at radius 1 is 1.45 bits per heavy atom. The standard InChI is InChI=1S/C12H14N4O3S/c1-15(2)10(17)6-16-9-3-4-13-5-8(9)14-12(16)20-7-11(18)19/h3-5H,6-7H2,1-2H3,(H,18,19). The van der Waals surface area contributed by atoms with Gasteiger partial charge in [0.25, 0.3) is 0 Å². The number of aliphatic carboxylic acids is 1. The molecular formula is C12H14N4O3S. The van der Waals surface area contributed by atoms with Gasteiger partial charge in [-0.05, 0) is 6.07 Å². The fourth-order valence-electron chi connectivity index (χ4n) is 1.63. The van der Waals surface area contributed by atoms with E-state index >= 15 is 0 Å². The van der Waals surface area contributed by atoms with Crippen LogP contribution in [0.2, 0.25) is 0 Å². The number of amides is 1. The quantitative estimate of drug-likeness (QED) is 0.817. The molecule has 0 aliphatic heterocycles. The number of thioether (sulfide) groups is 1. The van der Waals surface area contributed by atoms with Crippen molar-refractivity contribution in [2.45, 2.75) is 11.7 Å². The van der Waals surface area contributed by atoms with Gasteiger partial charge in [0.15, 0.2) is 5.16 Å². The summed E-state index contributed by atoms with van der Waals surface area (Å²) in [7, 11) is 3.35. The maximum Gasteiger partial charge on any atom is 0.313 e. The zero-order chi connectivity index (χ0) is 14.7. The first-order valence-electron chi connectivity index (χ1n) is 5.84. The molecule has 2 aromatic rings. The van der Waals surface area contributed by atoms with Crippen LogP contribution in [0.4, 0.5) is 0 Å². The minimum Gasteiger partial charge on any atom is -0.481 e. The number of rotatable bonds is 5. The molecule has 0 saturated carbocycles. The zero-order valence-corrected chi connectivity index (χ0v) is 11.9. The molecule has 2 aromatic heterocycles. The number of hydrogen-bond acceptors (Lipinski definition) is 5. The summed E-state index contributed by atoms with van der Waals surface area (Å²) in [6.45, 7) is 0.121. The fraction of sp³-hybridized carbons (Fsp3) is 0.333. The first-order valence-corrected chi connectivity index (χ1v) is 6.82. The van der Waals surface area contributed by atoms with E-state index in [4.69, 9.17) is 5.11 Å². The molecule has 8 heteroatoms. The highest BCUT2D eigenvalue weighted by atomic mass is 32.2. The van der Waals surface area contributed by atoms with Crippen molar-refractivity contribution in [3.8, 4) is 0 Å². The first-order chi connectivity index (χ1) is 9.49. The number of hydrogen-bond donors (Lipinski definition) is 1. The maximum atomic E-state index is 11.9. The molecule has 0 radical (unpaired) electrons. The topological polar surface area (TPSA) is 88.3 Å². The summed E-state index contributed by atoms with van der Waals surface area (Å²) < 4.78 is 1.72. The molecule has 0 bridgehead atoms. The second-order valence-corrected chi connectivity index (χ2v) is 5.26. The molecule has 1 N–H and O–H groups in total. The monoisotopic (exact) mass is 294 g/mol. The van der Waals surface area contributed by atoms with Crippen LogP contribution < -0.4 is 0 Å². The van der Waals surface area contributed by atoms with Gasteiger partial charge < -0.3 is 14.6 Å². The third-order valence-corrected chi connectivity index (χ3v) is 3.59. The van der Waals surface area contributed by atoms with Crippen LogP contribution in [0.5, 0.6) is 0 Å². The van der Waals surface area contributed by atoms with Gasteiger partial charge in [0, 0.05) is 20.3 Å². The summed E-state index contributed by atoms with van der Waals surface area (Å²) in [6, 6.07) is 1.76. The highest BCUT2D eigenvalue weighted by molar-refractivity contribution is 7.99. The minimum absolute atomic E-state index is 0.0849. The summed E-state index contributed by atoms with van der Waals surface area (Å²) in [6.07, 6.45) is 3.21. The minimum atomic E-state index is -0.925. The van der Waals surface area contributed by atoms with Crippen molar-refractivity contribution in [3.05, 3.63) is 18.5 Å². The van der Waals surface area contributed by atoms with E-state index in [1.165, 1.54) is 4.90 Å². The van der Waals surface area contributed by atoms with Crippen molar-refractivity contribution in [2.75, 3.05) is 19.8 Å². The van der Waals surface area contributed by atoms with Crippen molar-refractivity contribution < 1.29 is 14.7 Å². The Kier molecular flexibility index (Phi) is 4.23. The van der Waals surface area contributed by atoms with Gasteiger partial charge in [0.1, 0.15) is 12.1 Å². The van der Waals surface area contributed by atoms with Gasteiger partial charge in [-0.1, -0.05) is 11.8 Å². The molecule has 20 heavy (non-hydrogen) atoms. The van der Waals surface area contributed by atoms with Crippen molar-refractivity contribution in [1.29, 1.82) is 0 Å². The number of likely N-dealkylation sites (N-methyl/N-ethyl adjacent to an activating group) is 1. The highest BCUT2D eigenvalue weighted by Crippen LogP contribution is 2.23. The Morgan fingerprint density at radius 3 is 2.85 bits per heavy atom. The van der Waals surface area contributed by atoms with E-state index in [1.54, 1.807) is 37.1 Å². The Labute approximate surface area is 119 Å². The van der Waals surface area contributed by atoms with Gasteiger partial charge in [0.2, 0.25) is 5.91 Å². The lowest BCUT2D eigenvalue weighted by Crippen LogP contribution is -2.26. The molecular weight excluding hydrogens is 280 g/mol. The molecule has 106 valence electrons. The van der Waals surface area contributed by atoms with Crippen LogP contribution in [0, 0.1) is 0 Å².